The number of primary amides is 1. The summed E-state index contributed by atoms with van der Waals surface area (Å²) in [4.78, 5) is 16.1. The molecule has 0 spiro atoms. The van der Waals surface area contributed by atoms with E-state index in [9.17, 15) is 4.79 Å². The lowest BCUT2D eigenvalue weighted by Gasteiger charge is -2.04. The maximum Gasteiger partial charge on any atom is 0.325 e. The van der Waals surface area contributed by atoms with Crippen LogP contribution >= 0.6 is 11.6 Å². The van der Waals surface area contributed by atoms with Gasteiger partial charge in [-0.3, -0.25) is 0 Å². The molecule has 0 unspecified atom stereocenters. The molecule has 0 atom stereocenters. The molecule has 4 nitrogen and oxygen atoms in total. The van der Waals surface area contributed by atoms with Crippen LogP contribution in [0.5, 0.6) is 0 Å². The van der Waals surface area contributed by atoms with Crippen LogP contribution in [-0.2, 0) is 0 Å². The highest BCUT2D eigenvalue weighted by Gasteiger charge is 2.15. The summed E-state index contributed by atoms with van der Waals surface area (Å²) in [6, 6.07) is 13.9. The van der Waals surface area contributed by atoms with Gasteiger partial charge in [0.2, 0.25) is 0 Å². The van der Waals surface area contributed by atoms with Crippen molar-refractivity contribution in [3.63, 3.8) is 0 Å². The Morgan fingerprint density at radius 1 is 1.16 bits per heavy atom. The third kappa shape index (κ3) is 1.96. The fraction of sp³-hybridized carbons (Fsp3) is 0. The lowest BCUT2D eigenvalue weighted by Crippen LogP contribution is -2.20. The van der Waals surface area contributed by atoms with Gasteiger partial charge >= 0.3 is 6.03 Å². The van der Waals surface area contributed by atoms with Crippen molar-refractivity contribution in [1.82, 2.24) is 9.55 Å². The first-order valence-electron chi connectivity index (χ1n) is 5.70. The number of aromatic nitrogens is 2. The minimum atomic E-state index is -0.566. The van der Waals surface area contributed by atoms with Gasteiger partial charge in [-0.05, 0) is 24.3 Å². The fourth-order valence-electron chi connectivity index (χ4n) is 2.07. The average molecular weight is 272 g/mol. The molecule has 1 heterocycles. The van der Waals surface area contributed by atoms with Crippen LogP contribution in [0.4, 0.5) is 4.79 Å². The molecule has 5 heteroatoms. The van der Waals surface area contributed by atoms with Gasteiger partial charge in [0.05, 0.1) is 11.0 Å². The fourth-order valence-corrected chi connectivity index (χ4v) is 2.26. The van der Waals surface area contributed by atoms with Crippen molar-refractivity contribution in [2.45, 2.75) is 0 Å². The molecule has 0 fully saturated rings. The molecule has 2 aromatic carbocycles. The zero-order chi connectivity index (χ0) is 13.4. The van der Waals surface area contributed by atoms with E-state index in [1.807, 2.05) is 30.3 Å². The van der Waals surface area contributed by atoms with E-state index >= 15 is 0 Å². The number of nitrogens with two attached hydrogens (primary N) is 1. The Labute approximate surface area is 114 Å². The molecule has 2 N–H and O–H groups in total. The highest BCUT2D eigenvalue weighted by atomic mass is 35.5. The summed E-state index contributed by atoms with van der Waals surface area (Å²) in [6.07, 6.45) is 0. The predicted octanol–water partition coefficient (Wildman–Crippen LogP) is 3.28. The summed E-state index contributed by atoms with van der Waals surface area (Å²) in [5.74, 6) is 0.496. The molecule has 0 saturated carbocycles. The first kappa shape index (κ1) is 11.7. The standard InChI is InChI=1S/C14H10ClN3O/c15-10-5-3-4-9(8-10)13-17-11-6-1-2-7-12(11)18(13)14(16)19/h1-8H,(H2,16,19). The number of hydrogen-bond acceptors (Lipinski definition) is 2. The number of carbonyl (C=O) groups excluding carboxylic acids is 1. The molecular weight excluding hydrogens is 262 g/mol. The van der Waals surface area contributed by atoms with Crippen molar-refractivity contribution < 1.29 is 4.79 Å². The van der Waals surface area contributed by atoms with Crippen LogP contribution in [0, 0.1) is 0 Å². The minimum Gasteiger partial charge on any atom is -0.351 e. The van der Waals surface area contributed by atoms with Crippen LogP contribution in [0.25, 0.3) is 22.4 Å². The molecule has 0 saturated heterocycles. The summed E-state index contributed by atoms with van der Waals surface area (Å²) in [6.45, 7) is 0. The van der Waals surface area contributed by atoms with E-state index in [4.69, 9.17) is 17.3 Å². The van der Waals surface area contributed by atoms with E-state index in [0.717, 1.165) is 11.1 Å². The summed E-state index contributed by atoms with van der Waals surface area (Å²) in [7, 11) is 0. The number of benzene rings is 2. The molecule has 1 amide bonds. The zero-order valence-corrected chi connectivity index (χ0v) is 10.6. The van der Waals surface area contributed by atoms with Crippen molar-refractivity contribution in [2.24, 2.45) is 5.73 Å². The van der Waals surface area contributed by atoms with Gasteiger partial charge in [0.15, 0.2) is 0 Å². The largest absolute Gasteiger partial charge is 0.351 e. The Balaban J connectivity index is 2.34. The molecule has 1 aromatic heterocycles. The van der Waals surface area contributed by atoms with Gasteiger partial charge in [-0.25, -0.2) is 14.3 Å². The number of para-hydroxylation sites is 2. The highest BCUT2D eigenvalue weighted by molar-refractivity contribution is 6.30. The Morgan fingerprint density at radius 2 is 1.95 bits per heavy atom. The van der Waals surface area contributed by atoms with Crippen LogP contribution < -0.4 is 5.73 Å². The smallest absolute Gasteiger partial charge is 0.325 e. The van der Waals surface area contributed by atoms with E-state index in [-0.39, 0.29) is 0 Å². The Bertz CT molecular complexity index is 779. The SMILES string of the molecule is NC(=O)n1c(-c2cccc(Cl)c2)nc2ccccc21. The third-order valence-electron chi connectivity index (χ3n) is 2.86. The summed E-state index contributed by atoms with van der Waals surface area (Å²) >= 11 is 5.97. The second-order valence-corrected chi connectivity index (χ2v) is 4.54. The van der Waals surface area contributed by atoms with Crippen molar-refractivity contribution in [2.75, 3.05) is 0 Å². The molecular formula is C14H10ClN3O. The number of fused-ring (bicyclic) bond motifs is 1. The van der Waals surface area contributed by atoms with Crippen molar-refractivity contribution >= 4 is 28.7 Å². The number of amides is 1. The molecule has 0 aliphatic heterocycles. The minimum absolute atomic E-state index is 0.496. The van der Waals surface area contributed by atoms with Crippen LogP contribution in [0.2, 0.25) is 5.02 Å². The number of hydrogen-bond donors (Lipinski definition) is 1. The van der Waals surface area contributed by atoms with Crippen molar-refractivity contribution in [3.05, 3.63) is 53.6 Å². The topological polar surface area (TPSA) is 60.9 Å². The summed E-state index contributed by atoms with van der Waals surface area (Å²) < 4.78 is 1.39. The molecule has 3 rings (SSSR count). The number of halogens is 1. The molecule has 0 radical (unpaired) electrons. The number of rotatable bonds is 1. The zero-order valence-electron chi connectivity index (χ0n) is 9.88. The predicted molar refractivity (Wildman–Crippen MR) is 75.2 cm³/mol. The number of imidazole rings is 1. The average Bonchev–Trinajstić information content (AvgIpc) is 2.78. The lowest BCUT2D eigenvalue weighted by atomic mass is 10.2. The maximum absolute atomic E-state index is 11.7. The highest BCUT2D eigenvalue weighted by Crippen LogP contribution is 2.26. The molecule has 19 heavy (non-hydrogen) atoms. The Morgan fingerprint density at radius 3 is 2.68 bits per heavy atom. The first-order valence-corrected chi connectivity index (χ1v) is 6.08. The van der Waals surface area contributed by atoms with Gasteiger partial charge in [-0.2, -0.15) is 0 Å². The molecule has 0 aliphatic rings. The first-order chi connectivity index (χ1) is 9.16. The second-order valence-electron chi connectivity index (χ2n) is 4.11. The van der Waals surface area contributed by atoms with Crippen molar-refractivity contribution in [3.8, 4) is 11.4 Å². The van der Waals surface area contributed by atoms with E-state index in [0.29, 0.717) is 16.4 Å². The van der Waals surface area contributed by atoms with Gasteiger partial charge in [0.1, 0.15) is 5.82 Å². The van der Waals surface area contributed by atoms with E-state index in [1.54, 1.807) is 18.2 Å². The van der Waals surface area contributed by atoms with Crippen LogP contribution in [0.15, 0.2) is 48.5 Å². The monoisotopic (exact) mass is 271 g/mol. The van der Waals surface area contributed by atoms with Gasteiger partial charge in [-0.1, -0.05) is 35.9 Å². The Hall–Kier alpha value is -2.33. The number of carbonyl (C=O) groups is 1. The molecule has 94 valence electrons. The second kappa shape index (κ2) is 4.40. The van der Waals surface area contributed by atoms with E-state index < -0.39 is 6.03 Å². The lowest BCUT2D eigenvalue weighted by molar-refractivity contribution is 0.251. The molecule has 0 bridgehead atoms. The van der Waals surface area contributed by atoms with Gasteiger partial charge in [-0.15, -0.1) is 0 Å². The quantitative estimate of drug-likeness (QED) is 0.738. The summed E-state index contributed by atoms with van der Waals surface area (Å²) in [5, 5.41) is 0.584. The summed E-state index contributed by atoms with van der Waals surface area (Å²) in [5.41, 5.74) is 7.61. The van der Waals surface area contributed by atoms with Gasteiger partial charge in [0, 0.05) is 10.6 Å². The van der Waals surface area contributed by atoms with Gasteiger partial charge in [0.25, 0.3) is 0 Å². The Kier molecular flexibility index (Phi) is 2.72. The number of nitrogens with zero attached hydrogens (tertiary/aromatic N) is 2. The third-order valence-corrected chi connectivity index (χ3v) is 3.10. The van der Waals surface area contributed by atoms with Crippen LogP contribution in [-0.4, -0.2) is 15.6 Å². The van der Waals surface area contributed by atoms with Gasteiger partial charge < -0.3 is 5.73 Å². The molecule has 3 aromatic rings. The molecule has 0 aliphatic carbocycles. The van der Waals surface area contributed by atoms with Crippen LogP contribution in [0.3, 0.4) is 0 Å². The normalized spacial score (nSPS) is 10.8. The van der Waals surface area contributed by atoms with Crippen molar-refractivity contribution in [1.29, 1.82) is 0 Å². The van der Waals surface area contributed by atoms with Crippen LogP contribution in [0.1, 0.15) is 0 Å². The van der Waals surface area contributed by atoms with E-state index in [2.05, 4.69) is 4.98 Å². The maximum atomic E-state index is 11.7. The van der Waals surface area contributed by atoms with E-state index in [1.165, 1.54) is 4.57 Å².